The lowest BCUT2D eigenvalue weighted by molar-refractivity contribution is 0.111. The molecule has 0 spiro atoms. The summed E-state index contributed by atoms with van der Waals surface area (Å²) in [5, 5.41) is 1.00. The molecule has 0 aliphatic heterocycles. The van der Waals surface area contributed by atoms with Gasteiger partial charge in [-0.2, -0.15) is 0 Å². The van der Waals surface area contributed by atoms with Crippen LogP contribution >= 0.6 is 0 Å². The molecular formula is C13H13NO2. The van der Waals surface area contributed by atoms with Gasteiger partial charge >= 0.3 is 0 Å². The van der Waals surface area contributed by atoms with Gasteiger partial charge in [0.05, 0.1) is 11.6 Å². The Hall–Kier alpha value is -1.90. The maximum Gasteiger partial charge on any atom is 0.168 e. The number of nitrogens with zero attached hydrogens (tertiary/aromatic N) is 1. The molecule has 0 radical (unpaired) electrons. The predicted molar refractivity (Wildman–Crippen MR) is 62.9 cm³/mol. The monoisotopic (exact) mass is 215 g/mol. The van der Waals surface area contributed by atoms with Crippen LogP contribution in [0.3, 0.4) is 0 Å². The Morgan fingerprint density at radius 2 is 2.00 bits per heavy atom. The molecule has 2 rings (SSSR count). The Morgan fingerprint density at radius 1 is 1.25 bits per heavy atom. The highest BCUT2D eigenvalue weighted by molar-refractivity contribution is 5.84. The smallest absolute Gasteiger partial charge is 0.168 e. The van der Waals surface area contributed by atoms with Crippen LogP contribution in [0.25, 0.3) is 10.9 Å². The molecule has 0 saturated carbocycles. The van der Waals surface area contributed by atoms with Crippen LogP contribution in [-0.2, 0) is 0 Å². The topological polar surface area (TPSA) is 39.2 Å². The standard InChI is InChI=1S/C13H13NO2/c1-9(2)16-12-6-4-10-3-5-11(8-15)14-13(10)7-12/h3-9H,1-2H3. The van der Waals surface area contributed by atoms with E-state index in [2.05, 4.69) is 4.98 Å². The molecule has 0 N–H and O–H groups in total. The molecule has 82 valence electrons. The van der Waals surface area contributed by atoms with Crippen LogP contribution in [0.15, 0.2) is 30.3 Å². The maximum absolute atomic E-state index is 10.6. The number of hydrogen-bond donors (Lipinski definition) is 0. The normalized spacial score (nSPS) is 10.7. The number of rotatable bonds is 3. The third kappa shape index (κ3) is 2.19. The van der Waals surface area contributed by atoms with Crippen molar-refractivity contribution in [1.29, 1.82) is 0 Å². The van der Waals surface area contributed by atoms with Crippen molar-refractivity contribution in [2.75, 3.05) is 0 Å². The van der Waals surface area contributed by atoms with Crippen LogP contribution in [0.4, 0.5) is 0 Å². The number of pyridine rings is 1. The zero-order valence-corrected chi connectivity index (χ0v) is 9.31. The summed E-state index contributed by atoms with van der Waals surface area (Å²) in [4.78, 5) is 14.8. The molecule has 0 aliphatic rings. The van der Waals surface area contributed by atoms with E-state index >= 15 is 0 Å². The van der Waals surface area contributed by atoms with E-state index in [1.165, 1.54) is 0 Å². The van der Waals surface area contributed by atoms with E-state index in [4.69, 9.17) is 4.74 Å². The van der Waals surface area contributed by atoms with E-state index in [0.717, 1.165) is 22.9 Å². The summed E-state index contributed by atoms with van der Waals surface area (Å²) in [5.41, 5.74) is 1.22. The summed E-state index contributed by atoms with van der Waals surface area (Å²) in [6, 6.07) is 9.28. The van der Waals surface area contributed by atoms with Crippen molar-refractivity contribution in [2.45, 2.75) is 20.0 Å². The van der Waals surface area contributed by atoms with Crippen LogP contribution in [0.1, 0.15) is 24.3 Å². The summed E-state index contributed by atoms with van der Waals surface area (Å²) in [5.74, 6) is 0.776. The van der Waals surface area contributed by atoms with Crippen molar-refractivity contribution in [3.8, 4) is 5.75 Å². The zero-order chi connectivity index (χ0) is 11.5. The minimum atomic E-state index is 0.131. The number of hydrogen-bond acceptors (Lipinski definition) is 3. The third-order valence-electron chi connectivity index (χ3n) is 2.18. The quantitative estimate of drug-likeness (QED) is 0.739. The van der Waals surface area contributed by atoms with Gasteiger partial charge in [-0.25, -0.2) is 4.98 Å². The maximum atomic E-state index is 10.6. The van der Waals surface area contributed by atoms with Crippen molar-refractivity contribution in [1.82, 2.24) is 4.98 Å². The van der Waals surface area contributed by atoms with Gasteiger partial charge in [-0.05, 0) is 32.0 Å². The van der Waals surface area contributed by atoms with Crippen molar-refractivity contribution in [3.63, 3.8) is 0 Å². The van der Waals surface area contributed by atoms with Gasteiger partial charge in [0.2, 0.25) is 0 Å². The summed E-state index contributed by atoms with van der Waals surface area (Å²) >= 11 is 0. The number of carbonyl (C=O) groups is 1. The van der Waals surface area contributed by atoms with Gasteiger partial charge in [-0.3, -0.25) is 4.79 Å². The van der Waals surface area contributed by atoms with Gasteiger partial charge < -0.3 is 4.74 Å². The fourth-order valence-corrected chi connectivity index (χ4v) is 1.52. The average molecular weight is 215 g/mol. The molecule has 0 atom stereocenters. The fourth-order valence-electron chi connectivity index (χ4n) is 1.52. The lowest BCUT2D eigenvalue weighted by Gasteiger charge is -2.09. The lowest BCUT2D eigenvalue weighted by atomic mass is 10.2. The summed E-state index contributed by atoms with van der Waals surface area (Å²) in [6.07, 6.45) is 0.877. The molecule has 0 unspecified atom stereocenters. The summed E-state index contributed by atoms with van der Waals surface area (Å²) in [7, 11) is 0. The first-order valence-corrected chi connectivity index (χ1v) is 5.21. The van der Waals surface area contributed by atoms with Crippen LogP contribution < -0.4 is 4.74 Å². The minimum absolute atomic E-state index is 0.131. The Balaban J connectivity index is 2.46. The van der Waals surface area contributed by atoms with E-state index in [9.17, 15) is 4.79 Å². The number of benzene rings is 1. The van der Waals surface area contributed by atoms with Gasteiger partial charge in [-0.1, -0.05) is 6.07 Å². The molecule has 3 heteroatoms. The minimum Gasteiger partial charge on any atom is -0.491 e. The highest BCUT2D eigenvalue weighted by atomic mass is 16.5. The molecule has 1 aromatic heterocycles. The number of carbonyl (C=O) groups excluding carboxylic acids is 1. The number of ether oxygens (including phenoxy) is 1. The van der Waals surface area contributed by atoms with Gasteiger partial charge in [-0.15, -0.1) is 0 Å². The van der Waals surface area contributed by atoms with Crippen molar-refractivity contribution >= 4 is 17.2 Å². The van der Waals surface area contributed by atoms with E-state index in [0.29, 0.717) is 5.69 Å². The van der Waals surface area contributed by atoms with E-state index in [-0.39, 0.29) is 6.10 Å². The van der Waals surface area contributed by atoms with Gasteiger partial charge in [0.15, 0.2) is 6.29 Å². The van der Waals surface area contributed by atoms with Crippen LogP contribution in [0.5, 0.6) is 5.75 Å². The van der Waals surface area contributed by atoms with Gasteiger partial charge in [0.25, 0.3) is 0 Å². The largest absolute Gasteiger partial charge is 0.491 e. The Morgan fingerprint density at radius 3 is 2.69 bits per heavy atom. The number of aldehydes is 1. The first kappa shape index (κ1) is 10.6. The molecule has 0 bridgehead atoms. The lowest BCUT2D eigenvalue weighted by Crippen LogP contribution is -2.05. The number of aromatic nitrogens is 1. The summed E-state index contributed by atoms with van der Waals surface area (Å²) in [6.45, 7) is 3.94. The van der Waals surface area contributed by atoms with E-state index in [1.807, 2.05) is 38.1 Å². The van der Waals surface area contributed by atoms with Crippen LogP contribution in [0, 0.1) is 0 Å². The first-order chi connectivity index (χ1) is 7.69. The predicted octanol–water partition coefficient (Wildman–Crippen LogP) is 2.83. The second-order valence-electron chi connectivity index (χ2n) is 3.88. The van der Waals surface area contributed by atoms with Crippen molar-refractivity contribution < 1.29 is 9.53 Å². The van der Waals surface area contributed by atoms with Crippen LogP contribution in [0.2, 0.25) is 0 Å². The fraction of sp³-hybridized carbons (Fsp3) is 0.231. The van der Waals surface area contributed by atoms with Gasteiger partial charge in [0, 0.05) is 11.5 Å². The van der Waals surface area contributed by atoms with Gasteiger partial charge in [0.1, 0.15) is 11.4 Å². The Bertz CT molecular complexity index is 520. The molecule has 0 amide bonds. The molecule has 1 heterocycles. The highest BCUT2D eigenvalue weighted by Crippen LogP contribution is 2.20. The zero-order valence-electron chi connectivity index (χ0n) is 9.31. The highest BCUT2D eigenvalue weighted by Gasteiger charge is 2.01. The second-order valence-corrected chi connectivity index (χ2v) is 3.88. The molecule has 1 aromatic carbocycles. The average Bonchev–Trinajstić information content (AvgIpc) is 2.27. The summed E-state index contributed by atoms with van der Waals surface area (Å²) < 4.78 is 5.57. The molecule has 0 aliphatic carbocycles. The Labute approximate surface area is 94.1 Å². The SMILES string of the molecule is CC(C)Oc1ccc2ccc(C=O)nc2c1. The van der Waals surface area contributed by atoms with E-state index in [1.54, 1.807) is 6.07 Å². The van der Waals surface area contributed by atoms with Crippen molar-refractivity contribution in [3.05, 3.63) is 36.0 Å². The first-order valence-electron chi connectivity index (χ1n) is 5.21. The molecular weight excluding hydrogens is 202 g/mol. The molecule has 3 nitrogen and oxygen atoms in total. The van der Waals surface area contributed by atoms with Crippen LogP contribution in [-0.4, -0.2) is 17.4 Å². The molecule has 0 saturated heterocycles. The number of fused-ring (bicyclic) bond motifs is 1. The molecule has 2 aromatic rings. The third-order valence-corrected chi connectivity index (χ3v) is 2.18. The molecule has 16 heavy (non-hydrogen) atoms. The molecule has 0 fully saturated rings. The van der Waals surface area contributed by atoms with E-state index < -0.39 is 0 Å². The van der Waals surface area contributed by atoms with Crippen molar-refractivity contribution in [2.24, 2.45) is 0 Å². The Kier molecular flexibility index (Phi) is 2.86. The second kappa shape index (κ2) is 4.31.